The van der Waals surface area contributed by atoms with E-state index in [1.54, 1.807) is 12.1 Å². The maximum atomic E-state index is 13.0. The molecular formula is C17H16F3NO5S. The number of halogens is 3. The van der Waals surface area contributed by atoms with Gasteiger partial charge in [-0.2, -0.15) is 13.2 Å². The molecule has 0 aliphatic heterocycles. The third-order valence-corrected chi connectivity index (χ3v) is 3.38. The van der Waals surface area contributed by atoms with E-state index in [2.05, 4.69) is 9.99 Å². The molecule has 0 aliphatic carbocycles. The molecule has 0 spiro atoms. The molecule has 2 aromatic rings. The van der Waals surface area contributed by atoms with Crippen molar-refractivity contribution >= 4 is 16.8 Å². The van der Waals surface area contributed by atoms with Crippen molar-refractivity contribution in [2.75, 3.05) is 19.2 Å². The number of nitrogens with zero attached hydrogens (tertiary/aromatic N) is 1. The van der Waals surface area contributed by atoms with E-state index in [1.165, 1.54) is 24.3 Å². The fourth-order valence-electron chi connectivity index (χ4n) is 1.95. The lowest BCUT2D eigenvalue weighted by atomic mass is 10.1. The molecule has 0 aliphatic rings. The quantitative estimate of drug-likeness (QED) is 0.300. The smallest absolute Gasteiger partial charge is 0.437 e. The van der Waals surface area contributed by atoms with Crippen molar-refractivity contribution in [1.82, 2.24) is 0 Å². The van der Waals surface area contributed by atoms with Gasteiger partial charge in [-0.05, 0) is 36.4 Å². The topological polar surface area (TPSA) is 77.4 Å². The number of oxime groups is 1. The monoisotopic (exact) mass is 403 g/mol. The van der Waals surface area contributed by atoms with Gasteiger partial charge in [0.1, 0.15) is 24.7 Å². The van der Waals surface area contributed by atoms with Gasteiger partial charge in [0.15, 0.2) is 16.8 Å². The number of para-hydroxylation sites is 1. The van der Waals surface area contributed by atoms with Crippen LogP contribution in [0.3, 0.4) is 0 Å². The van der Waals surface area contributed by atoms with E-state index in [0.717, 1.165) is 0 Å². The lowest BCUT2D eigenvalue weighted by Crippen LogP contribution is -2.24. The zero-order chi connectivity index (χ0) is 19.7. The lowest BCUT2D eigenvalue weighted by molar-refractivity contribution is -0.0610. The molecule has 1 unspecified atom stereocenters. The lowest BCUT2D eigenvalue weighted by Gasteiger charge is -2.11. The second-order valence-corrected chi connectivity index (χ2v) is 5.92. The van der Waals surface area contributed by atoms with Gasteiger partial charge < -0.3 is 18.9 Å². The second kappa shape index (κ2) is 9.93. The molecule has 1 atom stereocenters. The van der Waals surface area contributed by atoms with E-state index in [0.29, 0.717) is 11.5 Å². The molecule has 0 saturated carbocycles. The molecule has 0 aromatic heterocycles. The summed E-state index contributed by atoms with van der Waals surface area (Å²) in [5.41, 5.74) is -1.58. The number of rotatable bonds is 9. The summed E-state index contributed by atoms with van der Waals surface area (Å²) in [5.74, 6) is 0.183. The summed E-state index contributed by atoms with van der Waals surface area (Å²) in [4.78, 5) is 4.26. The van der Waals surface area contributed by atoms with Crippen molar-refractivity contribution in [1.29, 1.82) is 0 Å². The zero-order valence-electron chi connectivity index (χ0n) is 13.9. The third-order valence-electron chi connectivity index (χ3n) is 3.07. The van der Waals surface area contributed by atoms with Crippen LogP contribution in [-0.2, 0) is 15.9 Å². The summed E-state index contributed by atoms with van der Waals surface area (Å²) in [6.45, 7) is 0.479. The summed E-state index contributed by atoms with van der Waals surface area (Å²) < 4.78 is 68.9. The first-order valence-corrected chi connectivity index (χ1v) is 8.89. The zero-order valence-corrected chi connectivity index (χ0v) is 14.7. The number of ether oxygens (including phenoxy) is 2. The Bertz CT molecular complexity index is 766. The Morgan fingerprint density at radius 2 is 1.52 bits per heavy atom. The van der Waals surface area contributed by atoms with Gasteiger partial charge in [0.05, 0.1) is 0 Å². The molecular weight excluding hydrogens is 387 g/mol. The Kier molecular flexibility index (Phi) is 7.62. The first-order chi connectivity index (χ1) is 12.9. The fraction of sp³-hybridized carbons (Fsp3) is 0.235. The van der Waals surface area contributed by atoms with Gasteiger partial charge in [-0.1, -0.05) is 23.4 Å². The highest BCUT2D eigenvalue weighted by molar-refractivity contribution is 7.79. The van der Waals surface area contributed by atoms with Crippen LogP contribution in [0.5, 0.6) is 11.5 Å². The molecule has 1 N–H and O–H groups in total. The number of hydrogen-bond donors (Lipinski definition) is 1. The first-order valence-electron chi connectivity index (χ1n) is 7.62. The highest BCUT2D eigenvalue weighted by atomic mass is 32.2. The van der Waals surface area contributed by atoms with Gasteiger partial charge >= 0.3 is 6.18 Å². The van der Waals surface area contributed by atoms with E-state index < -0.39 is 28.9 Å². The Balaban J connectivity index is 1.92. The van der Waals surface area contributed by atoms with E-state index in [9.17, 15) is 17.4 Å². The van der Waals surface area contributed by atoms with Gasteiger partial charge in [-0.25, -0.2) is 4.21 Å². The van der Waals surface area contributed by atoms with E-state index in [-0.39, 0.29) is 18.8 Å². The van der Waals surface area contributed by atoms with E-state index >= 15 is 0 Å². The molecule has 27 heavy (non-hydrogen) atoms. The van der Waals surface area contributed by atoms with E-state index in [4.69, 9.17) is 14.0 Å². The maximum absolute atomic E-state index is 13.0. The van der Waals surface area contributed by atoms with Crippen molar-refractivity contribution in [3.63, 3.8) is 0 Å². The van der Waals surface area contributed by atoms with Crippen LogP contribution in [0, 0.1) is 0 Å². The predicted molar refractivity (Wildman–Crippen MR) is 93.2 cm³/mol. The molecule has 0 saturated heterocycles. The van der Waals surface area contributed by atoms with Gasteiger partial charge in [0.25, 0.3) is 0 Å². The molecule has 0 radical (unpaired) electrons. The van der Waals surface area contributed by atoms with Crippen molar-refractivity contribution in [2.24, 2.45) is 5.16 Å². The minimum atomic E-state index is -4.79. The number of alkyl halides is 3. The number of benzene rings is 2. The first kappa shape index (κ1) is 20.7. The largest absolute Gasteiger partial charge is 0.490 e. The third kappa shape index (κ3) is 7.27. The van der Waals surface area contributed by atoms with Gasteiger partial charge in [0.2, 0.25) is 5.94 Å². The summed E-state index contributed by atoms with van der Waals surface area (Å²) in [5, 5.41) is 2.92. The van der Waals surface area contributed by atoms with Crippen LogP contribution < -0.4 is 9.47 Å². The fourth-order valence-corrected chi connectivity index (χ4v) is 2.09. The molecule has 2 rings (SSSR count). The average Bonchev–Trinajstić information content (AvgIpc) is 2.63. The SMILES string of the molecule is O=S(O)CON=C(c1ccc(OCCOc2ccccc2)cc1)C(F)(F)F. The standard InChI is InChI=1S/C17H16F3NO5S/c18-17(19,20)16(21-26-12-27(22)23)13-6-8-15(9-7-13)25-11-10-24-14-4-2-1-3-5-14/h1-9H,10-12H2,(H,22,23). The maximum Gasteiger partial charge on any atom is 0.437 e. The van der Waals surface area contributed by atoms with Crippen LogP contribution in [0.15, 0.2) is 59.8 Å². The molecule has 2 aromatic carbocycles. The Morgan fingerprint density at radius 1 is 0.963 bits per heavy atom. The predicted octanol–water partition coefficient (Wildman–Crippen LogP) is 3.61. The van der Waals surface area contributed by atoms with Crippen molar-refractivity contribution in [2.45, 2.75) is 6.18 Å². The van der Waals surface area contributed by atoms with Crippen molar-refractivity contribution in [3.8, 4) is 11.5 Å². The van der Waals surface area contributed by atoms with Crippen LogP contribution in [0.1, 0.15) is 5.56 Å². The van der Waals surface area contributed by atoms with Gasteiger partial charge in [-0.3, -0.25) is 0 Å². The van der Waals surface area contributed by atoms with Crippen LogP contribution in [-0.4, -0.2) is 39.8 Å². The Morgan fingerprint density at radius 3 is 2.04 bits per heavy atom. The van der Waals surface area contributed by atoms with Crippen LogP contribution in [0.4, 0.5) is 13.2 Å². The van der Waals surface area contributed by atoms with E-state index in [1.807, 2.05) is 18.2 Å². The molecule has 10 heteroatoms. The minimum Gasteiger partial charge on any atom is -0.490 e. The number of hydrogen-bond acceptors (Lipinski definition) is 5. The summed E-state index contributed by atoms with van der Waals surface area (Å²) >= 11 is -2.42. The summed E-state index contributed by atoms with van der Waals surface area (Å²) in [7, 11) is 0. The Labute approximate surface area is 155 Å². The highest BCUT2D eigenvalue weighted by Crippen LogP contribution is 2.24. The average molecular weight is 403 g/mol. The van der Waals surface area contributed by atoms with Gasteiger partial charge in [0, 0.05) is 5.56 Å². The minimum absolute atomic E-state index is 0.208. The van der Waals surface area contributed by atoms with Crippen LogP contribution in [0.2, 0.25) is 0 Å². The Hall–Kier alpha value is -2.59. The summed E-state index contributed by atoms with van der Waals surface area (Å²) in [6, 6.07) is 14.1. The molecule has 0 bridgehead atoms. The molecule has 146 valence electrons. The van der Waals surface area contributed by atoms with Gasteiger partial charge in [-0.15, -0.1) is 0 Å². The highest BCUT2D eigenvalue weighted by Gasteiger charge is 2.38. The second-order valence-electron chi connectivity index (χ2n) is 5.04. The van der Waals surface area contributed by atoms with Crippen molar-refractivity contribution < 1.29 is 36.2 Å². The molecule has 0 fully saturated rings. The van der Waals surface area contributed by atoms with Crippen molar-refractivity contribution in [3.05, 3.63) is 60.2 Å². The molecule has 0 amide bonds. The normalized spacial score (nSPS) is 13.1. The van der Waals surface area contributed by atoms with Crippen LogP contribution >= 0.6 is 0 Å². The molecule has 6 nitrogen and oxygen atoms in total. The molecule has 0 heterocycles. The van der Waals surface area contributed by atoms with Crippen LogP contribution in [0.25, 0.3) is 0 Å². The summed E-state index contributed by atoms with van der Waals surface area (Å²) in [6.07, 6.45) is -4.79.